The molecule has 0 atom stereocenters. The van der Waals surface area contributed by atoms with E-state index in [-0.39, 0.29) is 5.91 Å². The Bertz CT molecular complexity index is 959. The third kappa shape index (κ3) is 5.45. The van der Waals surface area contributed by atoms with Gasteiger partial charge in [-0.3, -0.25) is 14.3 Å². The summed E-state index contributed by atoms with van der Waals surface area (Å²) in [7, 11) is 1.62. The molecule has 0 aliphatic carbocycles. The van der Waals surface area contributed by atoms with Crippen LogP contribution in [0, 0.1) is 0 Å². The van der Waals surface area contributed by atoms with Gasteiger partial charge in [-0.25, -0.2) is 0 Å². The van der Waals surface area contributed by atoms with Crippen LogP contribution in [0.5, 0.6) is 5.75 Å². The molecule has 1 aromatic carbocycles. The number of nitrogens with one attached hydrogen (secondary N) is 1. The van der Waals surface area contributed by atoms with Crippen molar-refractivity contribution in [3.63, 3.8) is 0 Å². The number of pyridine rings is 1. The Hall–Kier alpha value is -3.13. The number of ether oxygens (including phenoxy) is 1. The molecule has 0 radical (unpaired) electrons. The third-order valence-corrected chi connectivity index (χ3v) is 5.15. The van der Waals surface area contributed by atoms with Crippen LogP contribution < -0.4 is 10.1 Å². The van der Waals surface area contributed by atoms with Crippen LogP contribution in [-0.4, -0.2) is 38.5 Å². The van der Waals surface area contributed by atoms with Crippen molar-refractivity contribution in [2.24, 2.45) is 0 Å². The first-order valence-corrected chi connectivity index (χ1v) is 10.2. The molecule has 0 saturated heterocycles. The second kappa shape index (κ2) is 10.4. The first-order valence-electron chi connectivity index (χ1n) is 9.18. The number of allylic oxidation sites excluding steroid dienone is 1. The fourth-order valence-corrected chi connectivity index (χ4v) is 3.65. The molecule has 1 amide bonds. The van der Waals surface area contributed by atoms with Crippen molar-refractivity contribution in [2.45, 2.75) is 24.7 Å². The van der Waals surface area contributed by atoms with Crippen LogP contribution in [0.2, 0.25) is 0 Å². The summed E-state index contributed by atoms with van der Waals surface area (Å²) in [5, 5.41) is 12.2. The molecule has 0 fully saturated rings. The molecule has 8 heteroatoms. The molecule has 1 N–H and O–H groups in total. The lowest BCUT2D eigenvalue weighted by Crippen LogP contribution is -2.23. The zero-order chi connectivity index (χ0) is 20.5. The highest BCUT2D eigenvalue weighted by molar-refractivity contribution is 7.99. The highest BCUT2D eigenvalue weighted by Gasteiger charge is 2.14. The second-order valence-corrected chi connectivity index (χ2v) is 7.20. The van der Waals surface area contributed by atoms with Crippen LogP contribution in [-0.2, 0) is 17.9 Å². The number of benzene rings is 1. The Morgan fingerprint density at radius 2 is 2.14 bits per heavy atom. The van der Waals surface area contributed by atoms with Crippen molar-refractivity contribution in [1.82, 2.24) is 25.1 Å². The van der Waals surface area contributed by atoms with E-state index >= 15 is 0 Å². The maximum Gasteiger partial charge on any atom is 0.221 e. The van der Waals surface area contributed by atoms with E-state index in [0.29, 0.717) is 25.3 Å². The molecule has 2 aromatic heterocycles. The van der Waals surface area contributed by atoms with Crippen molar-refractivity contribution in [2.75, 3.05) is 12.9 Å². The van der Waals surface area contributed by atoms with E-state index in [1.54, 1.807) is 25.6 Å². The molecule has 0 aliphatic rings. The monoisotopic (exact) mass is 409 g/mol. The minimum atomic E-state index is -0.0225. The smallest absolute Gasteiger partial charge is 0.221 e. The summed E-state index contributed by atoms with van der Waals surface area (Å²) in [5.41, 5.74) is 1.84. The van der Waals surface area contributed by atoms with Crippen LogP contribution in [0.4, 0.5) is 0 Å². The number of aromatic nitrogens is 4. The van der Waals surface area contributed by atoms with Crippen LogP contribution in [0.3, 0.4) is 0 Å². The summed E-state index contributed by atoms with van der Waals surface area (Å²) < 4.78 is 7.28. The highest BCUT2D eigenvalue weighted by atomic mass is 32.2. The SMILES string of the molecule is C=CCn1c(SCCC(=O)NCc2ccccc2OC)nnc1-c1cccnc1. The predicted octanol–water partition coefficient (Wildman–Crippen LogP) is 3.33. The summed E-state index contributed by atoms with van der Waals surface area (Å²) in [6.07, 6.45) is 5.65. The number of carbonyl (C=O) groups excluding carboxylic acids is 1. The van der Waals surface area contributed by atoms with Crippen LogP contribution in [0.1, 0.15) is 12.0 Å². The number of thioether (sulfide) groups is 1. The van der Waals surface area contributed by atoms with Gasteiger partial charge in [0.2, 0.25) is 5.91 Å². The van der Waals surface area contributed by atoms with E-state index in [1.807, 2.05) is 41.0 Å². The van der Waals surface area contributed by atoms with Gasteiger partial charge in [-0.05, 0) is 18.2 Å². The zero-order valence-corrected chi connectivity index (χ0v) is 17.1. The molecule has 3 rings (SSSR count). The van der Waals surface area contributed by atoms with Crippen molar-refractivity contribution in [3.8, 4) is 17.1 Å². The number of hydrogen-bond acceptors (Lipinski definition) is 6. The lowest BCUT2D eigenvalue weighted by molar-refractivity contribution is -0.120. The van der Waals surface area contributed by atoms with Gasteiger partial charge in [0.1, 0.15) is 5.75 Å². The molecule has 0 aliphatic heterocycles. The first kappa shape index (κ1) is 20.6. The molecular formula is C21H23N5O2S. The molecule has 0 bridgehead atoms. The number of methoxy groups -OCH3 is 1. The summed E-state index contributed by atoms with van der Waals surface area (Å²) in [6.45, 7) is 4.83. The van der Waals surface area contributed by atoms with Gasteiger partial charge < -0.3 is 10.1 Å². The van der Waals surface area contributed by atoms with Gasteiger partial charge in [0.05, 0.1) is 7.11 Å². The third-order valence-electron chi connectivity index (χ3n) is 4.18. The van der Waals surface area contributed by atoms with E-state index in [0.717, 1.165) is 27.9 Å². The average molecular weight is 410 g/mol. The standard InChI is InChI=1S/C21H23N5O2S/c1-3-12-26-20(17-8-6-11-22-14-17)24-25-21(26)29-13-10-19(27)23-15-16-7-4-5-9-18(16)28-2/h3-9,11,14H,1,10,12-13,15H2,2H3,(H,23,27). The van der Waals surface area contributed by atoms with E-state index < -0.39 is 0 Å². The topological polar surface area (TPSA) is 81.9 Å². The second-order valence-electron chi connectivity index (χ2n) is 6.13. The fraction of sp³-hybridized carbons (Fsp3) is 0.238. The summed E-state index contributed by atoms with van der Waals surface area (Å²) in [5.74, 6) is 2.08. The molecule has 0 unspecified atom stereocenters. The number of amides is 1. The average Bonchev–Trinajstić information content (AvgIpc) is 3.16. The predicted molar refractivity (Wildman–Crippen MR) is 114 cm³/mol. The Labute approximate surface area is 174 Å². The Balaban J connectivity index is 1.55. The highest BCUT2D eigenvalue weighted by Crippen LogP contribution is 2.24. The quantitative estimate of drug-likeness (QED) is 0.409. The van der Waals surface area contributed by atoms with Crippen molar-refractivity contribution < 1.29 is 9.53 Å². The molecule has 150 valence electrons. The summed E-state index contributed by atoms with van der Waals surface area (Å²) >= 11 is 1.50. The Morgan fingerprint density at radius 1 is 1.28 bits per heavy atom. The van der Waals surface area contributed by atoms with Gasteiger partial charge in [-0.15, -0.1) is 16.8 Å². The van der Waals surface area contributed by atoms with Crippen molar-refractivity contribution >= 4 is 17.7 Å². The Kier molecular flexibility index (Phi) is 7.40. The summed E-state index contributed by atoms with van der Waals surface area (Å²) in [4.78, 5) is 16.4. The lowest BCUT2D eigenvalue weighted by Gasteiger charge is -2.10. The molecule has 29 heavy (non-hydrogen) atoms. The van der Waals surface area contributed by atoms with Gasteiger partial charge in [0.25, 0.3) is 0 Å². The molecule has 7 nitrogen and oxygen atoms in total. The zero-order valence-electron chi connectivity index (χ0n) is 16.2. The van der Waals surface area contributed by atoms with Gasteiger partial charge >= 0.3 is 0 Å². The number of nitrogens with zero attached hydrogens (tertiary/aromatic N) is 4. The molecule has 2 heterocycles. The van der Waals surface area contributed by atoms with Crippen molar-refractivity contribution in [3.05, 3.63) is 67.0 Å². The van der Waals surface area contributed by atoms with Gasteiger partial charge in [0.15, 0.2) is 11.0 Å². The van der Waals surface area contributed by atoms with Crippen molar-refractivity contribution in [1.29, 1.82) is 0 Å². The fourth-order valence-electron chi connectivity index (χ4n) is 2.76. The molecule has 3 aromatic rings. The van der Waals surface area contributed by atoms with E-state index in [4.69, 9.17) is 4.74 Å². The maximum atomic E-state index is 12.2. The molecule has 0 spiro atoms. The van der Waals surface area contributed by atoms with Gasteiger partial charge in [0, 0.05) is 48.8 Å². The number of hydrogen-bond donors (Lipinski definition) is 1. The van der Waals surface area contributed by atoms with E-state index in [1.165, 1.54) is 11.8 Å². The first-order chi connectivity index (χ1) is 14.2. The van der Waals surface area contributed by atoms with Crippen LogP contribution in [0.25, 0.3) is 11.4 Å². The van der Waals surface area contributed by atoms with Crippen LogP contribution >= 0.6 is 11.8 Å². The lowest BCUT2D eigenvalue weighted by atomic mass is 10.2. The molecular weight excluding hydrogens is 386 g/mol. The number of para-hydroxylation sites is 1. The summed E-state index contributed by atoms with van der Waals surface area (Å²) in [6, 6.07) is 11.4. The van der Waals surface area contributed by atoms with E-state index in [9.17, 15) is 4.79 Å². The normalized spacial score (nSPS) is 10.5. The van der Waals surface area contributed by atoms with Crippen LogP contribution in [0.15, 0.2) is 66.6 Å². The number of rotatable bonds is 10. The van der Waals surface area contributed by atoms with Gasteiger partial charge in [-0.2, -0.15) is 0 Å². The van der Waals surface area contributed by atoms with E-state index in [2.05, 4.69) is 27.1 Å². The molecule has 0 saturated carbocycles. The minimum Gasteiger partial charge on any atom is -0.496 e. The Morgan fingerprint density at radius 3 is 2.90 bits per heavy atom. The maximum absolute atomic E-state index is 12.2. The van der Waals surface area contributed by atoms with Gasteiger partial charge in [-0.1, -0.05) is 36.0 Å². The minimum absolute atomic E-state index is 0.0225. The largest absolute Gasteiger partial charge is 0.496 e. The number of carbonyl (C=O) groups is 1.